The van der Waals surface area contributed by atoms with Crippen molar-refractivity contribution in [1.29, 1.82) is 0 Å². The van der Waals surface area contributed by atoms with Gasteiger partial charge in [-0.05, 0) is 42.8 Å². The summed E-state index contributed by atoms with van der Waals surface area (Å²) in [5, 5.41) is 8.22. The van der Waals surface area contributed by atoms with E-state index in [-0.39, 0.29) is 0 Å². The highest BCUT2D eigenvalue weighted by atomic mass is 16.5. The highest BCUT2D eigenvalue weighted by Crippen LogP contribution is 2.26. The topological polar surface area (TPSA) is 48.2 Å². The second kappa shape index (κ2) is 5.17. The Morgan fingerprint density at radius 1 is 0.900 bits per heavy atom. The number of methoxy groups -OCH3 is 1. The van der Waals surface area contributed by atoms with Crippen molar-refractivity contribution < 1.29 is 9.15 Å². The number of aromatic nitrogens is 2. The molecule has 0 unspecified atom stereocenters. The quantitative estimate of drug-likeness (QED) is 0.725. The van der Waals surface area contributed by atoms with Gasteiger partial charge in [0.15, 0.2) is 0 Å². The Labute approximate surface area is 117 Å². The third-order valence-electron chi connectivity index (χ3n) is 3.14. The normalized spacial score (nSPS) is 10.5. The van der Waals surface area contributed by atoms with Crippen LogP contribution in [0, 0.1) is 6.92 Å². The first-order valence-corrected chi connectivity index (χ1v) is 6.32. The van der Waals surface area contributed by atoms with Crippen molar-refractivity contribution in [2.75, 3.05) is 7.11 Å². The molecule has 1 heterocycles. The van der Waals surface area contributed by atoms with Crippen LogP contribution >= 0.6 is 0 Å². The second-order valence-electron chi connectivity index (χ2n) is 4.46. The molecule has 0 spiro atoms. The van der Waals surface area contributed by atoms with Crippen molar-refractivity contribution in [3.8, 4) is 28.7 Å². The van der Waals surface area contributed by atoms with Crippen molar-refractivity contribution >= 4 is 0 Å². The lowest BCUT2D eigenvalue weighted by atomic mass is 10.1. The standard InChI is InChI=1S/C16H14N2O2/c1-11-5-3-4-6-14(11)16-18-17-15(20-16)12-7-9-13(19-2)10-8-12/h3-10H,1-2H3. The minimum absolute atomic E-state index is 0.505. The largest absolute Gasteiger partial charge is 0.497 e. The van der Waals surface area contributed by atoms with Crippen LogP contribution in [0.4, 0.5) is 0 Å². The Kier molecular flexibility index (Phi) is 3.21. The lowest BCUT2D eigenvalue weighted by Crippen LogP contribution is -1.82. The Hall–Kier alpha value is -2.62. The summed E-state index contributed by atoms with van der Waals surface area (Å²) in [5.74, 6) is 1.84. The van der Waals surface area contributed by atoms with Crippen molar-refractivity contribution in [1.82, 2.24) is 10.2 Å². The molecule has 0 saturated heterocycles. The molecule has 4 nitrogen and oxygen atoms in total. The maximum Gasteiger partial charge on any atom is 0.248 e. The van der Waals surface area contributed by atoms with Gasteiger partial charge in [-0.3, -0.25) is 0 Å². The van der Waals surface area contributed by atoms with Crippen LogP contribution in [0.3, 0.4) is 0 Å². The van der Waals surface area contributed by atoms with Gasteiger partial charge in [-0.1, -0.05) is 18.2 Å². The van der Waals surface area contributed by atoms with E-state index in [0.717, 1.165) is 22.4 Å². The van der Waals surface area contributed by atoms with Crippen LogP contribution in [0.15, 0.2) is 52.9 Å². The average Bonchev–Trinajstić information content (AvgIpc) is 2.97. The molecule has 3 aromatic rings. The average molecular weight is 266 g/mol. The Balaban J connectivity index is 1.95. The van der Waals surface area contributed by atoms with E-state index >= 15 is 0 Å². The molecule has 3 rings (SSSR count). The number of hydrogen-bond donors (Lipinski definition) is 0. The fourth-order valence-corrected chi connectivity index (χ4v) is 2.00. The molecule has 100 valence electrons. The lowest BCUT2D eigenvalue weighted by molar-refractivity contribution is 0.415. The highest BCUT2D eigenvalue weighted by Gasteiger charge is 2.11. The molecule has 0 fully saturated rings. The van der Waals surface area contributed by atoms with Gasteiger partial charge in [-0.15, -0.1) is 10.2 Å². The molecule has 0 saturated carbocycles. The Morgan fingerprint density at radius 2 is 1.60 bits per heavy atom. The minimum Gasteiger partial charge on any atom is -0.497 e. The van der Waals surface area contributed by atoms with E-state index in [1.165, 1.54) is 0 Å². The highest BCUT2D eigenvalue weighted by molar-refractivity contribution is 5.61. The summed E-state index contributed by atoms with van der Waals surface area (Å²) in [6, 6.07) is 15.5. The molecule has 0 aliphatic heterocycles. The first-order chi connectivity index (χ1) is 9.78. The van der Waals surface area contributed by atoms with Crippen LogP contribution in [-0.2, 0) is 0 Å². The van der Waals surface area contributed by atoms with E-state index in [9.17, 15) is 0 Å². The van der Waals surface area contributed by atoms with Crippen LogP contribution in [0.5, 0.6) is 5.75 Å². The summed E-state index contributed by atoms with van der Waals surface area (Å²) < 4.78 is 10.9. The molecule has 0 radical (unpaired) electrons. The first kappa shape index (κ1) is 12.4. The molecule has 20 heavy (non-hydrogen) atoms. The predicted octanol–water partition coefficient (Wildman–Crippen LogP) is 3.72. The van der Waals surface area contributed by atoms with Gasteiger partial charge in [0.05, 0.1) is 7.11 Å². The molecule has 0 bridgehead atoms. The second-order valence-corrected chi connectivity index (χ2v) is 4.46. The predicted molar refractivity (Wildman–Crippen MR) is 76.5 cm³/mol. The number of hydrogen-bond acceptors (Lipinski definition) is 4. The summed E-state index contributed by atoms with van der Waals surface area (Å²) in [6.07, 6.45) is 0. The number of nitrogens with zero attached hydrogens (tertiary/aromatic N) is 2. The van der Waals surface area contributed by atoms with E-state index in [4.69, 9.17) is 9.15 Å². The van der Waals surface area contributed by atoms with Gasteiger partial charge in [0.2, 0.25) is 11.8 Å². The zero-order chi connectivity index (χ0) is 13.9. The molecule has 1 aromatic heterocycles. The van der Waals surface area contributed by atoms with Crippen molar-refractivity contribution in [3.05, 3.63) is 54.1 Å². The molecule has 4 heteroatoms. The van der Waals surface area contributed by atoms with E-state index in [2.05, 4.69) is 10.2 Å². The summed E-state index contributed by atoms with van der Waals surface area (Å²) in [5.41, 5.74) is 2.94. The van der Waals surface area contributed by atoms with Crippen LogP contribution in [0.1, 0.15) is 5.56 Å². The molecular formula is C16H14N2O2. The molecule has 0 aliphatic rings. The summed E-state index contributed by atoms with van der Waals surface area (Å²) in [7, 11) is 1.64. The molecular weight excluding hydrogens is 252 g/mol. The first-order valence-electron chi connectivity index (χ1n) is 6.32. The van der Waals surface area contributed by atoms with Crippen LogP contribution in [0.2, 0.25) is 0 Å². The fourth-order valence-electron chi connectivity index (χ4n) is 2.00. The van der Waals surface area contributed by atoms with Gasteiger partial charge >= 0.3 is 0 Å². The van der Waals surface area contributed by atoms with Crippen LogP contribution in [-0.4, -0.2) is 17.3 Å². The number of ether oxygens (including phenoxy) is 1. The van der Waals surface area contributed by atoms with Crippen LogP contribution < -0.4 is 4.74 Å². The van der Waals surface area contributed by atoms with E-state index in [1.54, 1.807) is 7.11 Å². The summed E-state index contributed by atoms with van der Waals surface area (Å²) in [6.45, 7) is 2.02. The van der Waals surface area contributed by atoms with Gasteiger partial charge in [0.1, 0.15) is 5.75 Å². The van der Waals surface area contributed by atoms with Gasteiger partial charge in [0, 0.05) is 11.1 Å². The minimum atomic E-state index is 0.505. The maximum atomic E-state index is 5.75. The Morgan fingerprint density at radius 3 is 2.30 bits per heavy atom. The third kappa shape index (κ3) is 2.28. The lowest BCUT2D eigenvalue weighted by Gasteiger charge is -2.00. The third-order valence-corrected chi connectivity index (χ3v) is 3.14. The van der Waals surface area contributed by atoms with E-state index in [0.29, 0.717) is 11.8 Å². The smallest absolute Gasteiger partial charge is 0.248 e. The maximum absolute atomic E-state index is 5.75. The number of benzene rings is 2. The van der Waals surface area contributed by atoms with Gasteiger partial charge < -0.3 is 9.15 Å². The summed E-state index contributed by atoms with van der Waals surface area (Å²) >= 11 is 0. The SMILES string of the molecule is COc1ccc(-c2nnc(-c3ccccc3C)o2)cc1. The van der Waals surface area contributed by atoms with Crippen molar-refractivity contribution in [3.63, 3.8) is 0 Å². The van der Waals surface area contributed by atoms with Gasteiger partial charge in [0.25, 0.3) is 0 Å². The molecule has 0 amide bonds. The molecule has 0 N–H and O–H groups in total. The van der Waals surface area contributed by atoms with E-state index < -0.39 is 0 Å². The zero-order valence-corrected chi connectivity index (χ0v) is 11.3. The monoisotopic (exact) mass is 266 g/mol. The number of rotatable bonds is 3. The van der Waals surface area contributed by atoms with Crippen molar-refractivity contribution in [2.24, 2.45) is 0 Å². The van der Waals surface area contributed by atoms with Crippen molar-refractivity contribution in [2.45, 2.75) is 6.92 Å². The molecule has 2 aromatic carbocycles. The molecule has 0 aliphatic carbocycles. The summed E-state index contributed by atoms with van der Waals surface area (Å²) in [4.78, 5) is 0. The Bertz CT molecular complexity index is 717. The molecule has 0 atom stereocenters. The van der Waals surface area contributed by atoms with Gasteiger partial charge in [-0.2, -0.15) is 0 Å². The fraction of sp³-hybridized carbons (Fsp3) is 0.125. The van der Waals surface area contributed by atoms with Gasteiger partial charge in [-0.25, -0.2) is 0 Å². The number of aryl methyl sites for hydroxylation is 1. The van der Waals surface area contributed by atoms with Crippen LogP contribution in [0.25, 0.3) is 22.9 Å². The zero-order valence-electron chi connectivity index (χ0n) is 11.3. The van der Waals surface area contributed by atoms with E-state index in [1.807, 2.05) is 55.5 Å².